The molecule has 2 atom stereocenters. The standard InChI is InChI=1S/C50H61N7O8/c1-6-53(7-2)38-12-10-37-24-43(48(58)65-44(37)26-38)57(52)27-39(51)36-11-15-40(45(25-36)59-5)54-16-18-63-46-22-34(3)8-13-41(46)55-28-49(55)30-60-20-21-61-31-50(33-62-32-49)29-56(50)42-14-9-35(4)23-47(42)64-19-17-54/h8-15,22-27H,6-7,16-21,28-33,51-52H2,1-5H3/b39-27-. The molecule has 65 heavy (non-hydrogen) atoms. The third-order valence-electron chi connectivity index (χ3n) is 13.0. The molecule has 4 aliphatic rings. The highest BCUT2D eigenvalue weighted by Crippen LogP contribution is 2.47. The van der Waals surface area contributed by atoms with Gasteiger partial charge in [0.2, 0.25) is 0 Å². The van der Waals surface area contributed by atoms with Crippen molar-refractivity contribution in [3.63, 3.8) is 0 Å². The third-order valence-corrected chi connectivity index (χ3v) is 13.0. The molecule has 4 aromatic carbocycles. The summed E-state index contributed by atoms with van der Waals surface area (Å²) in [6.45, 7) is 16.5. The normalized spacial score (nSPS) is 21.4. The zero-order valence-corrected chi connectivity index (χ0v) is 38.1. The van der Waals surface area contributed by atoms with Crippen LogP contribution in [0.3, 0.4) is 0 Å². The minimum absolute atomic E-state index is 0.151. The van der Waals surface area contributed by atoms with Crippen molar-refractivity contribution in [1.29, 1.82) is 0 Å². The summed E-state index contributed by atoms with van der Waals surface area (Å²) in [7, 11) is 1.64. The fraction of sp³-hybridized carbons (Fsp3) is 0.420. The Kier molecular flexibility index (Phi) is 12.5. The molecule has 2 spiro atoms. The maximum atomic E-state index is 13.2. The largest absolute Gasteiger partial charge is 0.495 e. The Morgan fingerprint density at radius 1 is 0.738 bits per heavy atom. The first kappa shape index (κ1) is 44.1. The molecule has 3 fully saturated rings. The van der Waals surface area contributed by atoms with E-state index in [-0.39, 0.29) is 16.8 Å². The SMILES string of the molecule is CCN(CC)c1ccc2cc(N(N)/C=C(\N)c3ccc(N4CCOc5cc(C)ccc5N5CC56COCCOCC5(COC6)CN5c5ccc(C)cc5OCC4)c(OC)c3)c(=O)oc2c1. The van der Waals surface area contributed by atoms with Gasteiger partial charge in [-0.15, -0.1) is 0 Å². The lowest BCUT2D eigenvalue weighted by molar-refractivity contribution is 0.0379. The molecule has 0 aliphatic carbocycles. The summed E-state index contributed by atoms with van der Waals surface area (Å²) < 4.78 is 44.2. The van der Waals surface area contributed by atoms with Crippen molar-refractivity contribution >= 4 is 45.1 Å². The fourth-order valence-corrected chi connectivity index (χ4v) is 9.12. The van der Waals surface area contributed by atoms with Gasteiger partial charge in [-0.25, -0.2) is 10.6 Å². The Bertz CT molecular complexity index is 2530. The number of methoxy groups -OCH3 is 1. The van der Waals surface area contributed by atoms with Crippen LogP contribution >= 0.6 is 0 Å². The predicted octanol–water partition coefficient (Wildman–Crippen LogP) is 6.06. The van der Waals surface area contributed by atoms with Gasteiger partial charge in [-0.05, 0) is 93.4 Å². The number of rotatable bonds is 8. The quantitative estimate of drug-likeness (QED) is 0.0803. The lowest BCUT2D eigenvalue weighted by atomic mass is 10.1. The van der Waals surface area contributed by atoms with Crippen LogP contribution in [-0.4, -0.2) is 110 Å². The smallest absolute Gasteiger partial charge is 0.361 e. The lowest BCUT2D eigenvalue weighted by Crippen LogP contribution is -2.36. The van der Waals surface area contributed by atoms with E-state index in [0.29, 0.717) is 88.5 Å². The van der Waals surface area contributed by atoms with Crippen LogP contribution in [0, 0.1) is 13.8 Å². The number of benzene rings is 4. The van der Waals surface area contributed by atoms with Crippen molar-refractivity contribution in [3.8, 4) is 17.2 Å². The maximum Gasteiger partial charge on any atom is 0.361 e. The van der Waals surface area contributed by atoms with E-state index in [1.54, 1.807) is 13.2 Å². The number of nitrogens with zero attached hydrogens (tertiary/aromatic N) is 5. The van der Waals surface area contributed by atoms with Gasteiger partial charge in [0.25, 0.3) is 0 Å². The topological polar surface area (TPSA) is 153 Å². The second-order valence-electron chi connectivity index (χ2n) is 17.5. The van der Waals surface area contributed by atoms with Gasteiger partial charge < -0.3 is 58.2 Å². The van der Waals surface area contributed by atoms with E-state index in [2.05, 4.69) is 83.7 Å². The molecule has 344 valence electrons. The number of aryl methyl sites for hydroxylation is 2. The number of ether oxygens (including phenoxy) is 6. The zero-order chi connectivity index (χ0) is 45.3. The summed E-state index contributed by atoms with van der Waals surface area (Å²) in [5.41, 5.74) is 13.2. The minimum Gasteiger partial charge on any atom is -0.495 e. The monoisotopic (exact) mass is 887 g/mol. The first-order valence-electron chi connectivity index (χ1n) is 22.6. The van der Waals surface area contributed by atoms with Crippen LogP contribution in [0.5, 0.6) is 17.2 Å². The summed E-state index contributed by atoms with van der Waals surface area (Å²) in [5, 5.41) is 1.95. The number of fused-ring (bicyclic) bond motifs is 7. The molecule has 4 aliphatic heterocycles. The molecule has 15 nitrogen and oxygen atoms in total. The van der Waals surface area contributed by atoms with Crippen LogP contribution in [0.25, 0.3) is 16.7 Å². The summed E-state index contributed by atoms with van der Waals surface area (Å²) >= 11 is 0. The minimum atomic E-state index is -0.573. The number of nitrogens with two attached hydrogens (primary N) is 2. The van der Waals surface area contributed by atoms with E-state index in [4.69, 9.17) is 44.4 Å². The molecule has 0 saturated carbocycles. The third kappa shape index (κ3) is 9.10. The number of anilines is 5. The first-order chi connectivity index (χ1) is 31.5. The van der Waals surface area contributed by atoms with E-state index in [1.165, 1.54) is 11.2 Å². The highest BCUT2D eigenvalue weighted by Gasteiger charge is 2.57. The van der Waals surface area contributed by atoms with Crippen molar-refractivity contribution in [2.45, 2.75) is 38.8 Å². The molecule has 2 unspecified atom stereocenters. The molecule has 0 amide bonds. The van der Waals surface area contributed by atoms with Crippen molar-refractivity contribution in [2.75, 3.05) is 124 Å². The fourth-order valence-electron chi connectivity index (χ4n) is 9.12. The van der Waals surface area contributed by atoms with Gasteiger partial charge in [-0.2, -0.15) is 0 Å². The number of hydrogen-bond acceptors (Lipinski definition) is 15. The van der Waals surface area contributed by atoms with Gasteiger partial charge in [-0.1, -0.05) is 18.2 Å². The molecule has 15 heteroatoms. The lowest BCUT2D eigenvalue weighted by Gasteiger charge is -2.28. The van der Waals surface area contributed by atoms with Gasteiger partial charge in [-0.3, -0.25) is 5.01 Å². The van der Waals surface area contributed by atoms with E-state index in [1.807, 2.05) is 36.4 Å². The molecule has 5 heterocycles. The highest BCUT2D eigenvalue weighted by atomic mass is 16.5. The average molecular weight is 888 g/mol. The molecule has 0 radical (unpaired) electrons. The van der Waals surface area contributed by atoms with E-state index in [9.17, 15) is 4.79 Å². The van der Waals surface area contributed by atoms with Crippen LogP contribution in [0.2, 0.25) is 0 Å². The molecular formula is C50H61N7O8. The molecule has 4 N–H and O–H groups in total. The Hall–Kier alpha value is -6.13. The first-order valence-corrected chi connectivity index (χ1v) is 22.6. The van der Waals surface area contributed by atoms with Crippen LogP contribution in [0.4, 0.5) is 28.4 Å². The van der Waals surface area contributed by atoms with Gasteiger partial charge >= 0.3 is 5.63 Å². The summed E-state index contributed by atoms with van der Waals surface area (Å²) in [5.74, 6) is 8.69. The average Bonchev–Trinajstić information content (AvgIpc) is 4.21. The molecular weight excluding hydrogens is 827 g/mol. The summed E-state index contributed by atoms with van der Waals surface area (Å²) in [4.78, 5) is 22.3. The van der Waals surface area contributed by atoms with E-state index < -0.39 is 5.63 Å². The molecule has 1 aromatic heterocycles. The number of hydrazine groups is 1. The van der Waals surface area contributed by atoms with Crippen molar-refractivity contribution in [1.82, 2.24) is 0 Å². The van der Waals surface area contributed by atoms with Crippen molar-refractivity contribution in [2.24, 2.45) is 11.6 Å². The number of hydrogen-bond donors (Lipinski definition) is 2. The van der Waals surface area contributed by atoms with Crippen LogP contribution < -0.4 is 56.0 Å². The predicted molar refractivity (Wildman–Crippen MR) is 256 cm³/mol. The van der Waals surface area contributed by atoms with Crippen LogP contribution in [0.1, 0.15) is 30.5 Å². The Labute approximate surface area is 380 Å². The zero-order valence-electron chi connectivity index (χ0n) is 38.1. The second kappa shape index (κ2) is 18.4. The van der Waals surface area contributed by atoms with Gasteiger partial charge in [0, 0.05) is 55.1 Å². The molecule has 2 bridgehead atoms. The second-order valence-corrected chi connectivity index (χ2v) is 17.5. The van der Waals surface area contributed by atoms with Gasteiger partial charge in [0.1, 0.15) is 52.8 Å². The maximum absolute atomic E-state index is 13.2. The Balaban J connectivity index is 1.00. The molecule has 3 saturated heterocycles. The van der Waals surface area contributed by atoms with Gasteiger partial charge in [0.15, 0.2) is 0 Å². The summed E-state index contributed by atoms with van der Waals surface area (Å²) in [6, 6.07) is 26.0. The highest BCUT2D eigenvalue weighted by molar-refractivity contribution is 5.84. The van der Waals surface area contributed by atoms with Crippen LogP contribution in [-0.2, 0) is 14.2 Å². The molecule has 5 aromatic rings. The molecule has 9 rings (SSSR count). The summed E-state index contributed by atoms with van der Waals surface area (Å²) in [6.07, 6.45) is 1.51. The van der Waals surface area contributed by atoms with Crippen molar-refractivity contribution in [3.05, 3.63) is 112 Å². The van der Waals surface area contributed by atoms with E-state index in [0.717, 1.165) is 76.9 Å². The Morgan fingerprint density at radius 3 is 1.91 bits per heavy atom. The van der Waals surface area contributed by atoms with Crippen LogP contribution in [0.15, 0.2) is 94.3 Å². The Morgan fingerprint density at radius 2 is 1.32 bits per heavy atom. The van der Waals surface area contributed by atoms with Gasteiger partial charge in [0.05, 0.1) is 82.6 Å². The van der Waals surface area contributed by atoms with Crippen molar-refractivity contribution < 1.29 is 32.8 Å². The van der Waals surface area contributed by atoms with E-state index >= 15 is 0 Å².